The van der Waals surface area contributed by atoms with Crippen LogP contribution in [0.3, 0.4) is 0 Å². The number of ether oxygens (including phenoxy) is 1. The van der Waals surface area contributed by atoms with E-state index in [1.54, 1.807) is 7.11 Å². The van der Waals surface area contributed by atoms with Gasteiger partial charge in [-0.3, -0.25) is 0 Å². The first-order valence-electron chi connectivity index (χ1n) is 10.6. The number of nitrogens with zero attached hydrogens (tertiary/aromatic N) is 2. The van der Waals surface area contributed by atoms with Crippen molar-refractivity contribution in [2.24, 2.45) is 5.92 Å². The van der Waals surface area contributed by atoms with E-state index in [1.807, 2.05) is 24.7 Å². The number of aliphatic hydroxyl groups excluding tert-OH is 1. The van der Waals surface area contributed by atoms with Crippen molar-refractivity contribution in [3.05, 3.63) is 64.7 Å². The molecule has 2 heterocycles. The molecular weight excluding hydrogens is 384 g/mol. The quantitative estimate of drug-likeness (QED) is 0.571. The molecule has 2 aliphatic rings. The second-order valence-electron chi connectivity index (χ2n) is 8.59. The van der Waals surface area contributed by atoms with Crippen molar-refractivity contribution in [3.8, 4) is 5.75 Å². The van der Waals surface area contributed by atoms with Gasteiger partial charge < -0.3 is 14.2 Å². The topological polar surface area (TPSA) is 46.8 Å². The summed E-state index contributed by atoms with van der Waals surface area (Å²) < 4.78 is 7.38. The average molecular weight is 411 g/mol. The molecule has 0 spiro atoms. The van der Waals surface area contributed by atoms with Gasteiger partial charge in [0, 0.05) is 0 Å². The van der Waals surface area contributed by atoms with Gasteiger partial charge in [0.15, 0.2) is 0 Å². The predicted molar refractivity (Wildman–Crippen MR) is 115 cm³/mol. The maximum atomic E-state index is 11.4. The Morgan fingerprint density at radius 1 is 1.07 bits per heavy atom. The maximum absolute atomic E-state index is 11.4. The summed E-state index contributed by atoms with van der Waals surface area (Å²) in [5.41, 5.74) is 4.72. The molecule has 5 heteroatoms. The average Bonchev–Trinajstić information content (AvgIpc) is 3.49. The lowest BCUT2D eigenvalue weighted by Crippen LogP contribution is -2.22. The van der Waals surface area contributed by atoms with Gasteiger partial charge in [-0.25, -0.2) is 4.98 Å². The molecule has 0 aliphatic heterocycles. The smallest absolute Gasteiger partial charge is 0.137 e. The lowest BCUT2D eigenvalue weighted by Gasteiger charge is -2.33. The monoisotopic (exact) mass is 410 g/mol. The fourth-order valence-corrected chi connectivity index (χ4v) is 5.28. The number of fused-ring (bicyclic) bond motifs is 1. The van der Waals surface area contributed by atoms with Crippen LogP contribution < -0.4 is 4.74 Å². The highest BCUT2D eigenvalue weighted by molar-refractivity contribution is 6.32. The number of hydrogen-bond donors (Lipinski definition) is 1. The second kappa shape index (κ2) is 7.66. The van der Waals surface area contributed by atoms with Crippen molar-refractivity contribution in [1.82, 2.24) is 9.38 Å². The standard InChI is InChI=1S/C24H27ClN2O2/c1-29-22-11-8-18(12-21(22)25)15-2-6-17(7-3-15)24(28)23-20(16-4-5-16)10-9-19-13-26-14-27(19)23/h8-17,24,28H,2-7H2,1H3/t15-,17-,24-/m0/s1. The van der Waals surface area contributed by atoms with Crippen molar-refractivity contribution in [1.29, 1.82) is 0 Å². The summed E-state index contributed by atoms with van der Waals surface area (Å²) in [6.07, 6.45) is 9.92. The van der Waals surface area contributed by atoms with Crippen LogP contribution in [0.5, 0.6) is 5.75 Å². The first kappa shape index (κ1) is 19.0. The Kier molecular flexibility index (Phi) is 5.00. The first-order valence-corrected chi connectivity index (χ1v) is 11.0. The third kappa shape index (κ3) is 3.53. The van der Waals surface area contributed by atoms with Gasteiger partial charge in [-0.2, -0.15) is 0 Å². The van der Waals surface area contributed by atoms with Crippen LogP contribution in [0.4, 0.5) is 0 Å². The zero-order valence-corrected chi connectivity index (χ0v) is 17.5. The van der Waals surface area contributed by atoms with E-state index >= 15 is 0 Å². The van der Waals surface area contributed by atoms with Crippen molar-refractivity contribution in [3.63, 3.8) is 0 Å². The van der Waals surface area contributed by atoms with Crippen molar-refractivity contribution < 1.29 is 9.84 Å². The molecular formula is C24H27ClN2O2. The summed E-state index contributed by atoms with van der Waals surface area (Å²) >= 11 is 6.33. The molecule has 1 N–H and O–H groups in total. The lowest BCUT2D eigenvalue weighted by molar-refractivity contribution is 0.0754. The minimum absolute atomic E-state index is 0.283. The van der Waals surface area contributed by atoms with Gasteiger partial charge >= 0.3 is 0 Å². The molecule has 0 bridgehead atoms. The molecule has 2 aromatic heterocycles. The van der Waals surface area contributed by atoms with Gasteiger partial charge in [0.25, 0.3) is 0 Å². The number of pyridine rings is 1. The molecule has 2 saturated carbocycles. The van der Waals surface area contributed by atoms with E-state index in [0.717, 1.165) is 42.6 Å². The third-order valence-electron chi connectivity index (χ3n) is 6.82. The minimum Gasteiger partial charge on any atom is -0.495 e. The molecule has 0 unspecified atom stereocenters. The molecule has 0 amide bonds. The molecule has 2 aliphatic carbocycles. The molecule has 2 fully saturated rings. The van der Waals surface area contributed by atoms with Gasteiger partial charge in [0.2, 0.25) is 0 Å². The number of hydrogen-bond acceptors (Lipinski definition) is 3. The van der Waals surface area contributed by atoms with Crippen LogP contribution in [0.2, 0.25) is 5.02 Å². The van der Waals surface area contributed by atoms with E-state index in [2.05, 4.69) is 27.6 Å². The van der Waals surface area contributed by atoms with Gasteiger partial charge in [-0.15, -0.1) is 0 Å². The van der Waals surface area contributed by atoms with Crippen LogP contribution >= 0.6 is 11.6 Å². The predicted octanol–water partition coefficient (Wildman–Crippen LogP) is 5.88. The van der Waals surface area contributed by atoms with Crippen molar-refractivity contribution in [2.45, 2.75) is 56.5 Å². The third-order valence-corrected chi connectivity index (χ3v) is 7.11. The Morgan fingerprint density at radius 3 is 2.52 bits per heavy atom. The largest absolute Gasteiger partial charge is 0.495 e. The van der Waals surface area contributed by atoms with E-state index < -0.39 is 6.10 Å². The fraction of sp³-hybridized carbons (Fsp3) is 0.458. The fourth-order valence-electron chi connectivity index (χ4n) is 5.01. The Bertz CT molecular complexity index is 1020. The molecule has 0 saturated heterocycles. The van der Waals surface area contributed by atoms with Crippen LogP contribution in [-0.2, 0) is 0 Å². The van der Waals surface area contributed by atoms with Crippen LogP contribution in [-0.4, -0.2) is 21.6 Å². The van der Waals surface area contributed by atoms with E-state index in [-0.39, 0.29) is 5.92 Å². The molecule has 1 aromatic carbocycles. The Morgan fingerprint density at radius 2 is 1.83 bits per heavy atom. The number of methoxy groups -OCH3 is 1. The van der Waals surface area contributed by atoms with Gasteiger partial charge in [-0.1, -0.05) is 23.7 Å². The van der Waals surface area contributed by atoms with E-state index in [0.29, 0.717) is 16.9 Å². The Hall–Kier alpha value is -2.04. The number of halogens is 1. The van der Waals surface area contributed by atoms with Gasteiger partial charge in [-0.05, 0) is 85.6 Å². The van der Waals surface area contributed by atoms with E-state index in [4.69, 9.17) is 16.3 Å². The van der Waals surface area contributed by atoms with Crippen LogP contribution in [0.25, 0.3) is 5.52 Å². The normalized spacial score (nSPS) is 23.3. The SMILES string of the molecule is COc1ccc([C@H]2CC[C@H]([C@H](O)c3c(C4CC4)ccc4cncn34)CC2)cc1Cl. The van der Waals surface area contributed by atoms with Crippen LogP contribution in [0.1, 0.15) is 73.3 Å². The Labute approximate surface area is 176 Å². The summed E-state index contributed by atoms with van der Waals surface area (Å²) in [5.74, 6) is 2.10. The van der Waals surface area contributed by atoms with Crippen LogP contribution in [0.15, 0.2) is 42.9 Å². The van der Waals surface area contributed by atoms with Crippen molar-refractivity contribution >= 4 is 17.1 Å². The molecule has 1 atom stereocenters. The molecule has 0 radical (unpaired) electrons. The number of imidazole rings is 1. The second-order valence-corrected chi connectivity index (χ2v) is 8.99. The molecule has 4 nitrogen and oxygen atoms in total. The summed E-state index contributed by atoms with van der Waals surface area (Å²) in [4.78, 5) is 4.31. The van der Waals surface area contributed by atoms with Crippen LogP contribution in [0, 0.1) is 5.92 Å². The molecule has 152 valence electrons. The highest BCUT2D eigenvalue weighted by Crippen LogP contribution is 2.47. The number of rotatable bonds is 5. The maximum Gasteiger partial charge on any atom is 0.137 e. The van der Waals surface area contributed by atoms with Crippen molar-refractivity contribution in [2.75, 3.05) is 7.11 Å². The zero-order valence-electron chi connectivity index (χ0n) is 16.7. The number of benzene rings is 1. The van der Waals surface area contributed by atoms with Gasteiger partial charge in [0.1, 0.15) is 5.75 Å². The highest BCUT2D eigenvalue weighted by Gasteiger charge is 2.34. The zero-order chi connectivity index (χ0) is 20.0. The van der Waals surface area contributed by atoms with E-state index in [9.17, 15) is 5.11 Å². The summed E-state index contributed by atoms with van der Waals surface area (Å²) in [5, 5.41) is 12.1. The first-order chi connectivity index (χ1) is 14.2. The molecule has 5 rings (SSSR count). The highest BCUT2D eigenvalue weighted by atomic mass is 35.5. The molecule has 29 heavy (non-hydrogen) atoms. The van der Waals surface area contributed by atoms with E-state index in [1.165, 1.54) is 24.0 Å². The lowest BCUT2D eigenvalue weighted by atomic mass is 9.75. The number of aromatic nitrogens is 2. The Balaban J connectivity index is 1.35. The number of aliphatic hydroxyl groups is 1. The summed E-state index contributed by atoms with van der Waals surface area (Å²) in [7, 11) is 1.64. The van der Waals surface area contributed by atoms with Gasteiger partial charge in [0.05, 0.1) is 42.0 Å². The summed E-state index contributed by atoms with van der Waals surface area (Å²) in [6, 6.07) is 10.5. The molecule has 3 aromatic rings. The minimum atomic E-state index is -0.441. The summed E-state index contributed by atoms with van der Waals surface area (Å²) in [6.45, 7) is 0.